The van der Waals surface area contributed by atoms with Gasteiger partial charge in [-0.25, -0.2) is 0 Å². The maximum absolute atomic E-state index is 12.4. The van der Waals surface area contributed by atoms with E-state index in [0.717, 1.165) is 31.2 Å². The Balaban J connectivity index is 1.53. The molecule has 1 aliphatic carbocycles. The lowest BCUT2D eigenvalue weighted by Crippen LogP contribution is -2.36. The predicted molar refractivity (Wildman–Crippen MR) is 89.8 cm³/mol. The van der Waals surface area contributed by atoms with Crippen molar-refractivity contribution in [2.45, 2.75) is 45.1 Å². The van der Waals surface area contributed by atoms with Crippen LogP contribution in [0.25, 0.3) is 0 Å². The van der Waals surface area contributed by atoms with E-state index in [1.54, 1.807) is 0 Å². The average Bonchev–Trinajstić information content (AvgIpc) is 2.85. The van der Waals surface area contributed by atoms with Crippen LogP contribution in [-0.4, -0.2) is 29.2 Å². The molecule has 0 unspecified atom stereocenters. The molecule has 0 spiro atoms. The Morgan fingerprint density at radius 2 is 1.71 bits per heavy atom. The summed E-state index contributed by atoms with van der Waals surface area (Å²) in [5.41, 5.74) is 1.03. The van der Waals surface area contributed by atoms with Gasteiger partial charge in [-0.2, -0.15) is 0 Å². The van der Waals surface area contributed by atoms with Gasteiger partial charge in [-0.3, -0.25) is 19.3 Å². The van der Waals surface area contributed by atoms with Gasteiger partial charge in [0.2, 0.25) is 17.7 Å². The number of imide groups is 1. The number of hydrogen-bond donors (Lipinski definition) is 1. The second kappa shape index (κ2) is 7.16. The first-order chi connectivity index (χ1) is 11.6. The van der Waals surface area contributed by atoms with Gasteiger partial charge >= 0.3 is 0 Å². The molecular formula is C19H24N2O3. The molecule has 128 valence electrons. The zero-order valence-electron chi connectivity index (χ0n) is 14.0. The van der Waals surface area contributed by atoms with Crippen molar-refractivity contribution in [2.24, 2.45) is 11.8 Å². The smallest absolute Gasteiger partial charge is 0.233 e. The number of likely N-dealkylation sites (tertiary alicyclic amines) is 1. The molecule has 5 nitrogen and oxygen atoms in total. The largest absolute Gasteiger partial charge is 0.350 e. The monoisotopic (exact) mass is 328 g/mol. The second-order valence-corrected chi connectivity index (χ2v) is 6.78. The maximum atomic E-state index is 12.4. The maximum Gasteiger partial charge on any atom is 0.233 e. The van der Waals surface area contributed by atoms with Gasteiger partial charge < -0.3 is 5.32 Å². The Hall–Kier alpha value is -2.17. The highest BCUT2D eigenvalue weighted by atomic mass is 16.2. The third kappa shape index (κ3) is 3.35. The van der Waals surface area contributed by atoms with Crippen molar-refractivity contribution in [1.82, 2.24) is 10.2 Å². The Kier molecular flexibility index (Phi) is 4.97. The minimum absolute atomic E-state index is 0.0754. The van der Waals surface area contributed by atoms with Crippen LogP contribution in [0.15, 0.2) is 30.3 Å². The molecule has 24 heavy (non-hydrogen) atoms. The van der Waals surface area contributed by atoms with Crippen molar-refractivity contribution in [1.29, 1.82) is 0 Å². The highest BCUT2D eigenvalue weighted by molar-refractivity contribution is 6.05. The van der Waals surface area contributed by atoms with Crippen LogP contribution >= 0.6 is 0 Å². The van der Waals surface area contributed by atoms with Crippen LogP contribution in [0, 0.1) is 11.8 Å². The Morgan fingerprint density at radius 1 is 1.12 bits per heavy atom. The number of carbonyl (C=O) groups is 3. The van der Waals surface area contributed by atoms with Gasteiger partial charge in [0.05, 0.1) is 17.9 Å². The van der Waals surface area contributed by atoms with E-state index in [0.29, 0.717) is 0 Å². The fraction of sp³-hybridized carbons (Fsp3) is 0.526. The van der Waals surface area contributed by atoms with Crippen LogP contribution in [0.1, 0.15) is 50.6 Å². The topological polar surface area (TPSA) is 66.5 Å². The van der Waals surface area contributed by atoms with Gasteiger partial charge in [-0.1, -0.05) is 43.2 Å². The van der Waals surface area contributed by atoms with Crippen LogP contribution in [0.2, 0.25) is 0 Å². The molecule has 3 rings (SSSR count). The minimum Gasteiger partial charge on any atom is -0.350 e. The third-order valence-electron chi connectivity index (χ3n) is 5.17. The lowest BCUT2D eigenvalue weighted by atomic mass is 9.81. The van der Waals surface area contributed by atoms with Gasteiger partial charge in [-0.05, 0) is 25.3 Å². The predicted octanol–water partition coefficient (Wildman–Crippen LogP) is 2.43. The lowest BCUT2D eigenvalue weighted by molar-refractivity contribution is -0.140. The van der Waals surface area contributed by atoms with Crippen LogP contribution in [0.4, 0.5) is 0 Å². The summed E-state index contributed by atoms with van der Waals surface area (Å²) >= 11 is 0. The van der Waals surface area contributed by atoms with Crippen molar-refractivity contribution >= 4 is 17.7 Å². The van der Waals surface area contributed by atoms with Gasteiger partial charge in [0.25, 0.3) is 0 Å². The zero-order chi connectivity index (χ0) is 17.1. The summed E-state index contributed by atoms with van der Waals surface area (Å²) in [6, 6.07) is 9.63. The molecule has 3 atom stereocenters. The number of nitrogens with zero attached hydrogens (tertiary/aromatic N) is 1. The normalized spacial score (nSPS) is 24.6. The molecule has 1 aromatic carbocycles. The highest BCUT2D eigenvalue weighted by Gasteiger charge is 2.47. The Bertz CT molecular complexity index is 605. The molecule has 1 heterocycles. The van der Waals surface area contributed by atoms with Crippen molar-refractivity contribution in [3.05, 3.63) is 35.9 Å². The third-order valence-corrected chi connectivity index (χ3v) is 5.17. The fourth-order valence-electron chi connectivity index (χ4n) is 3.80. The van der Waals surface area contributed by atoms with Crippen molar-refractivity contribution in [3.8, 4) is 0 Å². The number of carbonyl (C=O) groups excluding carboxylic acids is 3. The summed E-state index contributed by atoms with van der Waals surface area (Å²) in [5, 5.41) is 2.92. The van der Waals surface area contributed by atoms with E-state index in [2.05, 4.69) is 5.32 Å². The number of hydrogen-bond acceptors (Lipinski definition) is 3. The van der Waals surface area contributed by atoms with E-state index in [9.17, 15) is 14.4 Å². The molecule has 0 bridgehead atoms. The molecule has 2 fully saturated rings. The number of benzene rings is 1. The molecule has 1 aromatic rings. The minimum atomic E-state index is -0.141. The standard InChI is InChI=1S/C19H24N2O3/c1-13(14-7-3-2-4-8-14)20-17(22)11-12-21-18(23)15-9-5-6-10-16(15)19(21)24/h2-4,7-8,13,15-16H,5-6,9-12H2,1H3,(H,20,22)/t13-,15+,16+/m1/s1. The zero-order valence-corrected chi connectivity index (χ0v) is 14.0. The SMILES string of the molecule is C[C@@H](NC(=O)CCN1C(=O)[C@H]2CCCC[C@@H]2C1=O)c1ccccc1. The number of fused-ring (bicyclic) bond motifs is 1. The van der Waals surface area contributed by atoms with Crippen LogP contribution in [0.5, 0.6) is 0 Å². The summed E-state index contributed by atoms with van der Waals surface area (Å²) in [4.78, 5) is 38.2. The summed E-state index contributed by atoms with van der Waals surface area (Å²) in [5.74, 6) is -0.570. The number of rotatable bonds is 5. The van der Waals surface area contributed by atoms with E-state index in [1.165, 1.54) is 4.90 Å². The molecule has 0 radical (unpaired) electrons. The van der Waals surface area contributed by atoms with Gasteiger partial charge in [0, 0.05) is 13.0 Å². The van der Waals surface area contributed by atoms with Crippen molar-refractivity contribution in [3.63, 3.8) is 0 Å². The first-order valence-electron chi connectivity index (χ1n) is 8.77. The van der Waals surface area contributed by atoms with Gasteiger partial charge in [0.15, 0.2) is 0 Å². The quantitative estimate of drug-likeness (QED) is 0.844. The average molecular weight is 328 g/mol. The fourth-order valence-corrected chi connectivity index (χ4v) is 3.80. The van der Waals surface area contributed by atoms with Gasteiger partial charge in [-0.15, -0.1) is 0 Å². The summed E-state index contributed by atoms with van der Waals surface area (Å²) < 4.78 is 0. The second-order valence-electron chi connectivity index (χ2n) is 6.78. The van der Waals surface area contributed by atoms with E-state index < -0.39 is 0 Å². The molecular weight excluding hydrogens is 304 g/mol. The number of amides is 3. The van der Waals surface area contributed by atoms with Crippen LogP contribution in [-0.2, 0) is 14.4 Å². The van der Waals surface area contributed by atoms with Gasteiger partial charge in [0.1, 0.15) is 0 Å². The van der Waals surface area contributed by atoms with E-state index in [-0.39, 0.29) is 48.6 Å². The summed E-state index contributed by atoms with van der Waals surface area (Å²) in [6.45, 7) is 2.12. The first kappa shape index (κ1) is 16.7. The first-order valence-corrected chi connectivity index (χ1v) is 8.77. The Morgan fingerprint density at radius 3 is 2.29 bits per heavy atom. The lowest BCUT2D eigenvalue weighted by Gasteiger charge is -2.19. The van der Waals surface area contributed by atoms with Crippen LogP contribution in [0.3, 0.4) is 0 Å². The number of nitrogens with one attached hydrogen (secondary N) is 1. The molecule has 1 saturated heterocycles. The summed E-state index contributed by atoms with van der Waals surface area (Å²) in [6.07, 6.45) is 3.81. The van der Waals surface area contributed by atoms with Crippen LogP contribution < -0.4 is 5.32 Å². The molecule has 1 saturated carbocycles. The van der Waals surface area contributed by atoms with E-state index >= 15 is 0 Å². The highest BCUT2D eigenvalue weighted by Crippen LogP contribution is 2.37. The molecule has 2 aliphatic rings. The molecule has 3 amide bonds. The summed E-state index contributed by atoms with van der Waals surface area (Å²) in [7, 11) is 0. The molecule has 1 N–H and O–H groups in total. The molecule has 0 aromatic heterocycles. The Labute approximate surface area is 142 Å². The van der Waals surface area contributed by atoms with E-state index in [4.69, 9.17) is 0 Å². The molecule has 5 heteroatoms. The van der Waals surface area contributed by atoms with E-state index in [1.807, 2.05) is 37.3 Å². The van der Waals surface area contributed by atoms with Crippen molar-refractivity contribution < 1.29 is 14.4 Å². The molecule has 1 aliphatic heterocycles. The van der Waals surface area contributed by atoms with Crippen molar-refractivity contribution in [2.75, 3.05) is 6.54 Å².